The van der Waals surface area contributed by atoms with Gasteiger partial charge in [0.15, 0.2) is 0 Å². The van der Waals surface area contributed by atoms with E-state index in [9.17, 15) is 33.8 Å². The summed E-state index contributed by atoms with van der Waals surface area (Å²) in [5.41, 5.74) is 11.4. The van der Waals surface area contributed by atoms with Crippen molar-refractivity contribution >= 4 is 45.4 Å². The second-order valence-electron chi connectivity index (χ2n) is 25.9. The fourth-order valence-electron chi connectivity index (χ4n) is 14.4. The van der Waals surface area contributed by atoms with E-state index < -0.39 is 17.3 Å². The minimum absolute atomic E-state index is 0.0250. The lowest BCUT2D eigenvalue weighted by Gasteiger charge is -2.43. The van der Waals surface area contributed by atoms with Crippen LogP contribution in [0.25, 0.3) is 10.1 Å². The van der Waals surface area contributed by atoms with Crippen LogP contribution >= 0.6 is 11.3 Å². The number of amides is 7. The molecule has 18 nitrogen and oxygen atoms in total. The molecule has 0 spiro atoms. The van der Waals surface area contributed by atoms with E-state index in [2.05, 4.69) is 51.0 Å². The standard InChI is InChI=1S/C29H47FN4O3.C28H43N3O4S.C10H21N3O/c1-21-15-25(18-26(30)16-21)29(37,12-8-13-32-22(2)35)24-11-7-14-34(20-24)28(36)33-27(19-31-3)17-23-9-5-4-6-10-23;1-34-15-6-5-13-28(33,24-11-7-10-22-12-17-36-26(22)24)25-20-31(14-16-35-25)27(32)30-19-23(29)18-21-8-3-2-4-9-21;1-8(7-12-2)9-5-3-4-6-13(9)10(11)14/h15-16,18,23-24,27,31,37H,4-14,17,19-20H2,1-3H3,(H,32,35)(H,33,36);7,10-12,17,21,23,25,33H,2-6,8-9,13-16,18-20,29H2,1H3,(H,30,32);8-9,12H,3-7H2,1-2H3,(H2,11,14)/t24-,27+,29+;23-,25?,28+;/m10./s1. The number of nitrogens with one attached hydrogen (secondary N) is 5. The highest BCUT2D eigenvalue weighted by Crippen LogP contribution is 2.42. The predicted molar refractivity (Wildman–Crippen MR) is 347 cm³/mol. The van der Waals surface area contributed by atoms with E-state index in [4.69, 9.17) is 20.9 Å². The number of primary amides is 1. The highest BCUT2D eigenvalue weighted by molar-refractivity contribution is 7.17. The van der Waals surface area contributed by atoms with Gasteiger partial charge in [-0.2, -0.15) is 0 Å². The number of likely N-dealkylation sites (tertiary alicyclic amines) is 2. The number of nitrogens with zero attached hydrogens (tertiary/aromatic N) is 3. The maximum atomic E-state index is 14.4. The molecule has 8 atom stereocenters. The zero-order valence-electron chi connectivity index (χ0n) is 53.7. The number of piperidine rings is 2. The lowest BCUT2D eigenvalue weighted by atomic mass is 9.74. The molecule has 0 radical (unpaired) electrons. The second kappa shape index (κ2) is 36.9. The van der Waals surface area contributed by atoms with Gasteiger partial charge < -0.3 is 72.4 Å². The molecule has 87 heavy (non-hydrogen) atoms. The molecule has 3 saturated heterocycles. The fraction of sp³-hybridized carbons (Fsp3) is 0.731. The zero-order valence-corrected chi connectivity index (χ0v) is 54.5. The SMILES string of the molecule is CNCC(C)C1CCCCN1C(N)=O.CNC[C@H](CC1CCCCC1)NC(=O)N1CCC[C@@H]([C@@](O)(CCCNC(C)=O)c2cc(C)cc(F)c2)C1.COCCCC[C@@](O)(c1cccc2ccsc12)C1CN(C(=O)NC[C@@H](N)CC2CCCCC2)CCO1. The van der Waals surface area contributed by atoms with Crippen LogP contribution in [0.15, 0.2) is 47.8 Å². The Hall–Kier alpha value is -4.67. The largest absolute Gasteiger partial charge is 0.385 e. The number of methoxy groups -OCH3 is 1. The number of likely N-dealkylation sites (N-methyl/N-ethyl adjacent to an activating group) is 1. The lowest BCUT2D eigenvalue weighted by Crippen LogP contribution is -2.57. The number of benzene rings is 2. The van der Waals surface area contributed by atoms with Crippen LogP contribution in [0.2, 0.25) is 0 Å². The highest BCUT2D eigenvalue weighted by atomic mass is 32.1. The minimum Gasteiger partial charge on any atom is -0.385 e. The first-order valence-corrected chi connectivity index (χ1v) is 34.0. The number of nitrogens with two attached hydrogens (primary N) is 2. The summed E-state index contributed by atoms with van der Waals surface area (Å²) in [4.78, 5) is 54.4. The van der Waals surface area contributed by atoms with Gasteiger partial charge in [0.2, 0.25) is 5.91 Å². The third-order valence-electron chi connectivity index (χ3n) is 19.0. The van der Waals surface area contributed by atoms with E-state index in [0.717, 1.165) is 92.2 Å². The van der Waals surface area contributed by atoms with Crippen LogP contribution in [-0.4, -0.2) is 166 Å². The zero-order chi connectivity index (χ0) is 62.8. The van der Waals surface area contributed by atoms with Crippen molar-refractivity contribution in [1.29, 1.82) is 0 Å². The lowest BCUT2D eigenvalue weighted by molar-refractivity contribution is -0.145. The number of ether oxygens (including phenoxy) is 2. The molecule has 2 saturated carbocycles. The van der Waals surface area contributed by atoms with Crippen LogP contribution < -0.4 is 38.1 Å². The predicted octanol–water partition coefficient (Wildman–Crippen LogP) is 9.61. The van der Waals surface area contributed by atoms with Crippen LogP contribution in [0.5, 0.6) is 0 Å². The number of carbonyl (C=O) groups is 4. The smallest absolute Gasteiger partial charge is 0.317 e. The third-order valence-corrected chi connectivity index (χ3v) is 20.0. The van der Waals surface area contributed by atoms with Crippen LogP contribution in [-0.2, 0) is 25.5 Å². The average Bonchev–Trinajstić information content (AvgIpc) is 3.16. The molecular weight excluding hydrogens is 1120 g/mol. The number of halogens is 1. The Balaban J connectivity index is 0.000000228. The molecule has 8 rings (SSSR count). The molecule has 5 fully saturated rings. The molecule has 3 unspecified atom stereocenters. The molecule has 0 bridgehead atoms. The van der Waals surface area contributed by atoms with Crippen molar-refractivity contribution in [2.45, 2.75) is 197 Å². The minimum atomic E-state index is -1.29. The number of aryl methyl sites for hydroxylation is 1. The Morgan fingerprint density at radius 3 is 2.15 bits per heavy atom. The summed E-state index contributed by atoms with van der Waals surface area (Å²) in [7, 11) is 5.55. The van der Waals surface area contributed by atoms with Crippen molar-refractivity contribution in [2.75, 3.05) is 93.3 Å². The summed E-state index contributed by atoms with van der Waals surface area (Å²) in [6.45, 7) is 11.8. The highest BCUT2D eigenvalue weighted by Gasteiger charge is 2.45. The molecule has 1 aromatic heterocycles. The first kappa shape index (κ1) is 71.4. The number of carbonyl (C=O) groups excluding carboxylic acids is 4. The number of urea groups is 3. The first-order valence-electron chi connectivity index (χ1n) is 33.1. The summed E-state index contributed by atoms with van der Waals surface area (Å²) in [6.07, 6.45) is 22.3. The Morgan fingerprint density at radius 2 is 1.47 bits per heavy atom. The Labute approximate surface area is 523 Å². The Morgan fingerprint density at radius 1 is 0.782 bits per heavy atom. The van der Waals surface area contributed by atoms with Gasteiger partial charge in [0, 0.05) is 101 Å². The van der Waals surface area contributed by atoms with Gasteiger partial charge in [0.05, 0.1) is 18.8 Å². The summed E-state index contributed by atoms with van der Waals surface area (Å²) in [5, 5.41) is 42.9. The number of rotatable bonds is 25. The van der Waals surface area contributed by atoms with Crippen LogP contribution in [0, 0.1) is 36.4 Å². The third kappa shape index (κ3) is 22.1. The van der Waals surface area contributed by atoms with Crippen LogP contribution in [0.1, 0.15) is 172 Å². The molecule has 3 aromatic rings. The number of unbranched alkanes of at least 4 members (excludes halogenated alkanes) is 1. The number of fused-ring (bicyclic) bond motifs is 1. The maximum absolute atomic E-state index is 14.4. The molecule has 5 aliphatic rings. The van der Waals surface area contributed by atoms with Gasteiger partial charge >= 0.3 is 18.1 Å². The first-order chi connectivity index (χ1) is 41.9. The number of morpholine rings is 1. The molecule has 3 aliphatic heterocycles. The molecule has 2 aliphatic carbocycles. The molecule has 2 aromatic carbocycles. The van der Waals surface area contributed by atoms with Crippen molar-refractivity contribution in [2.24, 2.45) is 35.1 Å². The van der Waals surface area contributed by atoms with Gasteiger partial charge in [0.1, 0.15) is 17.5 Å². The van der Waals surface area contributed by atoms with E-state index in [-0.39, 0.29) is 47.8 Å². The van der Waals surface area contributed by atoms with E-state index in [1.807, 2.05) is 49.0 Å². The monoisotopic (exact) mass is 1230 g/mol. The second-order valence-corrected chi connectivity index (χ2v) is 26.8. The number of aliphatic hydroxyl groups is 2. The van der Waals surface area contributed by atoms with Crippen LogP contribution in [0.4, 0.5) is 18.8 Å². The van der Waals surface area contributed by atoms with Crippen molar-refractivity contribution in [3.8, 4) is 0 Å². The van der Waals surface area contributed by atoms with Gasteiger partial charge in [-0.15, -0.1) is 11.3 Å². The summed E-state index contributed by atoms with van der Waals surface area (Å²) in [5.74, 6) is 1.10. The quantitative estimate of drug-likeness (QED) is 0.0361. The fourth-order valence-corrected chi connectivity index (χ4v) is 15.4. The van der Waals surface area contributed by atoms with Crippen molar-refractivity contribution in [3.63, 3.8) is 0 Å². The molecule has 20 heteroatoms. The van der Waals surface area contributed by atoms with E-state index in [1.165, 1.54) is 89.7 Å². The Kier molecular flexibility index (Phi) is 30.2. The Bertz CT molecular complexity index is 2510. The molecule has 4 heterocycles. The van der Waals surface area contributed by atoms with E-state index in [1.54, 1.807) is 23.3 Å². The summed E-state index contributed by atoms with van der Waals surface area (Å²) in [6, 6.07) is 12.7. The van der Waals surface area contributed by atoms with Crippen LogP contribution in [0.3, 0.4) is 0 Å². The van der Waals surface area contributed by atoms with Gasteiger partial charge in [-0.1, -0.05) is 95.4 Å². The molecule has 7 amide bonds. The van der Waals surface area contributed by atoms with Crippen molar-refractivity contribution in [3.05, 3.63) is 70.4 Å². The van der Waals surface area contributed by atoms with Gasteiger partial charge in [-0.3, -0.25) is 4.79 Å². The molecular formula is C67H111FN10O8S. The van der Waals surface area contributed by atoms with E-state index in [0.29, 0.717) is 101 Å². The summed E-state index contributed by atoms with van der Waals surface area (Å²) >= 11 is 1.63. The number of hydrogen-bond acceptors (Lipinski definition) is 12. The molecule has 11 N–H and O–H groups in total. The van der Waals surface area contributed by atoms with Crippen molar-refractivity contribution in [1.82, 2.24) is 41.3 Å². The topological polar surface area (TPSA) is 249 Å². The molecule has 490 valence electrons. The normalized spacial score (nSPS) is 22.0. The summed E-state index contributed by atoms with van der Waals surface area (Å²) < 4.78 is 26.8. The number of thiophene rings is 1. The van der Waals surface area contributed by atoms with E-state index >= 15 is 0 Å². The van der Waals surface area contributed by atoms with Gasteiger partial charge in [-0.05, 0) is 162 Å². The number of hydrogen-bond donors (Lipinski definition) is 9. The van der Waals surface area contributed by atoms with Gasteiger partial charge in [-0.25, -0.2) is 18.8 Å². The average molecular weight is 1240 g/mol. The van der Waals surface area contributed by atoms with Gasteiger partial charge in [0.25, 0.3) is 0 Å². The van der Waals surface area contributed by atoms with Crippen molar-refractivity contribution < 1.29 is 43.3 Å². The maximum Gasteiger partial charge on any atom is 0.317 e.